The Morgan fingerprint density at radius 1 is 1.07 bits per heavy atom. The normalized spacial score (nSPS) is 13.0. The van der Waals surface area contributed by atoms with Gasteiger partial charge in [-0.05, 0) is 45.2 Å². The van der Waals surface area contributed by atoms with Gasteiger partial charge < -0.3 is 9.04 Å². The van der Waals surface area contributed by atoms with Crippen LogP contribution < -0.4 is 0 Å². The molecule has 0 spiro atoms. The van der Waals surface area contributed by atoms with Crippen LogP contribution in [0.15, 0.2) is 29.2 Å². The van der Waals surface area contributed by atoms with Crippen LogP contribution in [0.3, 0.4) is 0 Å². The third-order valence-corrected chi connectivity index (χ3v) is 7.50. The van der Waals surface area contributed by atoms with Crippen molar-refractivity contribution in [2.45, 2.75) is 65.2 Å². The summed E-state index contributed by atoms with van der Waals surface area (Å²) in [5, 5.41) is 0. The van der Waals surface area contributed by atoms with E-state index < -0.39 is 10.1 Å². The summed E-state index contributed by atoms with van der Waals surface area (Å²) in [5.74, 6) is 3.60. The van der Waals surface area contributed by atoms with E-state index in [1.807, 2.05) is 6.92 Å². The minimum atomic E-state index is -4.27. The number of quaternary nitrogens is 1. The number of benzene rings is 1. The maximum absolute atomic E-state index is 10.4. The summed E-state index contributed by atoms with van der Waals surface area (Å²) in [6, 6.07) is 5.78. The van der Waals surface area contributed by atoms with Gasteiger partial charge in [-0.1, -0.05) is 50.8 Å². The van der Waals surface area contributed by atoms with Gasteiger partial charge in [0.05, 0.1) is 25.0 Å². The molecule has 4 nitrogen and oxygen atoms in total. The first-order valence-electron chi connectivity index (χ1n) is 10.1. The van der Waals surface area contributed by atoms with Gasteiger partial charge in [-0.25, -0.2) is 8.42 Å². The number of hydrogen-bond donors (Lipinski definition) is 0. The van der Waals surface area contributed by atoms with Gasteiger partial charge in [0.2, 0.25) is 0 Å². The highest BCUT2D eigenvalue weighted by Gasteiger charge is 2.17. The zero-order valence-corrected chi connectivity index (χ0v) is 19.7. The van der Waals surface area contributed by atoms with E-state index in [0.717, 1.165) is 11.5 Å². The summed E-state index contributed by atoms with van der Waals surface area (Å²) in [5.41, 5.74) is 0.928. The molecule has 0 saturated heterocycles. The van der Waals surface area contributed by atoms with Crippen molar-refractivity contribution in [1.29, 1.82) is 0 Å². The van der Waals surface area contributed by atoms with Crippen molar-refractivity contribution in [3.63, 3.8) is 0 Å². The number of hydrogen-bond acceptors (Lipinski definition) is 4. The topological polar surface area (TPSA) is 57.2 Å². The Kier molecular flexibility index (Phi) is 13.3. The van der Waals surface area contributed by atoms with Crippen LogP contribution >= 0.6 is 11.8 Å². The summed E-state index contributed by atoms with van der Waals surface area (Å²) in [7, 11) is -1.89. The highest BCUT2D eigenvalue weighted by Crippen LogP contribution is 2.20. The van der Waals surface area contributed by atoms with E-state index in [0.29, 0.717) is 0 Å². The fraction of sp³-hybridized carbons (Fsp3) is 0.714. The van der Waals surface area contributed by atoms with Crippen molar-refractivity contribution in [2.24, 2.45) is 5.92 Å². The van der Waals surface area contributed by atoms with Crippen molar-refractivity contribution < 1.29 is 17.5 Å². The molecule has 1 aromatic rings. The molecule has 0 aromatic heterocycles. The highest BCUT2D eigenvalue weighted by atomic mass is 32.2. The quantitative estimate of drug-likeness (QED) is 0.279. The number of thioether (sulfide) groups is 1. The Balaban J connectivity index is 0.000000533. The van der Waals surface area contributed by atoms with Gasteiger partial charge in [-0.2, -0.15) is 0 Å². The van der Waals surface area contributed by atoms with Gasteiger partial charge in [0.1, 0.15) is 16.0 Å². The average molecular weight is 418 g/mol. The molecule has 1 unspecified atom stereocenters. The standard InChI is InChI=1S/C14H32NS.C7H8O3S/c1-6-10-11-14(7-2)12-16-13-15(5,8-3)9-4;1-6-2-4-7(5-3-6)11(8,9)10/h14H,6-13H2,1-5H3;2-5H,1H3,(H,8,9,10)/q+1;/p-1. The van der Waals surface area contributed by atoms with Crippen LogP contribution in [0.1, 0.15) is 58.9 Å². The molecule has 0 aliphatic rings. The minimum absolute atomic E-state index is 0.178. The third kappa shape index (κ3) is 11.8. The van der Waals surface area contributed by atoms with Crippen molar-refractivity contribution >= 4 is 21.9 Å². The predicted octanol–water partition coefficient (Wildman–Crippen LogP) is 5.28. The predicted molar refractivity (Wildman–Crippen MR) is 117 cm³/mol. The molecule has 1 atom stereocenters. The Morgan fingerprint density at radius 3 is 2.04 bits per heavy atom. The molecule has 1 rings (SSSR count). The lowest BCUT2D eigenvalue weighted by molar-refractivity contribution is -0.893. The van der Waals surface area contributed by atoms with Gasteiger partial charge in [-0.3, -0.25) is 0 Å². The molecule has 0 amide bonds. The van der Waals surface area contributed by atoms with Gasteiger partial charge in [-0.15, -0.1) is 11.8 Å². The zero-order valence-electron chi connectivity index (χ0n) is 18.0. The molecule has 0 saturated carbocycles. The minimum Gasteiger partial charge on any atom is -0.744 e. The number of unbranched alkanes of at least 4 members (excludes halogenated alkanes) is 1. The van der Waals surface area contributed by atoms with E-state index >= 15 is 0 Å². The molecular weight excluding hydrogens is 378 g/mol. The second kappa shape index (κ2) is 13.6. The highest BCUT2D eigenvalue weighted by molar-refractivity contribution is 7.99. The first kappa shape index (κ1) is 26.4. The van der Waals surface area contributed by atoms with E-state index in [1.54, 1.807) is 12.1 Å². The molecule has 0 N–H and O–H groups in total. The van der Waals surface area contributed by atoms with Crippen molar-refractivity contribution in [1.82, 2.24) is 0 Å². The van der Waals surface area contributed by atoms with E-state index in [-0.39, 0.29) is 4.90 Å². The largest absolute Gasteiger partial charge is 0.744 e. The van der Waals surface area contributed by atoms with E-state index in [1.165, 1.54) is 67.0 Å². The summed E-state index contributed by atoms with van der Waals surface area (Å²) in [4.78, 5) is -0.178. The van der Waals surface area contributed by atoms with Gasteiger partial charge in [0.25, 0.3) is 0 Å². The zero-order chi connectivity index (χ0) is 20.9. The molecule has 0 heterocycles. The number of nitrogens with zero attached hydrogens (tertiary/aromatic N) is 1. The maximum atomic E-state index is 10.4. The molecule has 158 valence electrons. The van der Waals surface area contributed by atoms with Crippen LogP contribution in [0.2, 0.25) is 0 Å². The molecule has 0 radical (unpaired) electrons. The van der Waals surface area contributed by atoms with Gasteiger partial charge in [0.15, 0.2) is 0 Å². The summed E-state index contributed by atoms with van der Waals surface area (Å²) in [6.45, 7) is 13.6. The summed E-state index contributed by atoms with van der Waals surface area (Å²) in [6.07, 6.45) is 5.54. The van der Waals surface area contributed by atoms with Crippen molar-refractivity contribution in [3.8, 4) is 0 Å². The van der Waals surface area contributed by atoms with E-state index in [4.69, 9.17) is 0 Å². The third-order valence-electron chi connectivity index (χ3n) is 5.14. The maximum Gasteiger partial charge on any atom is 0.125 e. The van der Waals surface area contributed by atoms with Crippen molar-refractivity contribution in [3.05, 3.63) is 29.8 Å². The molecule has 0 bridgehead atoms. The first-order chi connectivity index (χ1) is 12.6. The van der Waals surface area contributed by atoms with Gasteiger partial charge >= 0.3 is 0 Å². The smallest absolute Gasteiger partial charge is 0.125 e. The van der Waals surface area contributed by atoms with Crippen molar-refractivity contribution in [2.75, 3.05) is 31.8 Å². The Labute approximate surface area is 172 Å². The van der Waals surface area contributed by atoms with Gasteiger partial charge in [0, 0.05) is 5.75 Å². The lowest BCUT2D eigenvalue weighted by Crippen LogP contribution is -2.43. The molecule has 0 fully saturated rings. The Bertz CT molecular complexity index is 596. The molecule has 1 aromatic carbocycles. The fourth-order valence-electron chi connectivity index (χ4n) is 2.45. The van der Waals surface area contributed by atoms with Crippen LogP contribution in [0.25, 0.3) is 0 Å². The van der Waals surface area contributed by atoms with Crippen LogP contribution in [0, 0.1) is 12.8 Å². The summed E-state index contributed by atoms with van der Waals surface area (Å²) < 4.78 is 32.4. The average Bonchev–Trinajstić information content (AvgIpc) is 2.64. The molecule has 27 heavy (non-hydrogen) atoms. The van der Waals surface area contributed by atoms with Crippen LogP contribution in [-0.2, 0) is 10.1 Å². The molecular formula is C21H39NO3S2. The summed E-state index contributed by atoms with van der Waals surface area (Å²) >= 11 is 2.16. The lowest BCUT2D eigenvalue weighted by atomic mass is 10.0. The van der Waals surface area contributed by atoms with E-state index in [9.17, 15) is 13.0 Å². The number of rotatable bonds is 11. The molecule has 0 aliphatic heterocycles. The second-order valence-corrected chi connectivity index (χ2v) is 9.81. The molecule has 0 aliphatic carbocycles. The second-order valence-electron chi connectivity index (χ2n) is 7.44. The lowest BCUT2D eigenvalue weighted by Gasteiger charge is -2.32. The Hall–Kier alpha value is -0.560. The number of aryl methyl sites for hydroxylation is 1. The Morgan fingerprint density at radius 2 is 1.63 bits per heavy atom. The monoisotopic (exact) mass is 417 g/mol. The van der Waals surface area contributed by atoms with Crippen LogP contribution in [0.5, 0.6) is 0 Å². The molecule has 6 heteroatoms. The fourth-order valence-corrected chi connectivity index (χ4v) is 4.57. The van der Waals surface area contributed by atoms with E-state index in [2.05, 4.69) is 46.5 Å². The SMILES string of the molecule is CCCCC(CC)CSC[N+](C)(CC)CC.Cc1ccc(S(=O)(=O)[O-])cc1. The van der Waals surface area contributed by atoms with Crippen LogP contribution in [0.4, 0.5) is 0 Å². The first-order valence-corrected chi connectivity index (χ1v) is 12.6. The van der Waals surface area contributed by atoms with Crippen LogP contribution in [-0.4, -0.2) is 49.2 Å².